The minimum atomic E-state index is 0.294. The molecule has 0 saturated carbocycles. The molecule has 4 aromatic rings. The molecule has 0 radical (unpaired) electrons. The number of hydrogen-bond acceptors (Lipinski definition) is 3. The van der Waals surface area contributed by atoms with Gasteiger partial charge in [0.2, 0.25) is 0 Å². The topological polar surface area (TPSA) is 32.6 Å². The molecule has 0 bridgehead atoms. The Morgan fingerprint density at radius 1 is 0.800 bits per heavy atom. The van der Waals surface area contributed by atoms with Gasteiger partial charge in [-0.25, -0.2) is 0 Å². The number of hydrogen-bond donors (Lipinski definition) is 0. The number of benzene rings is 3. The van der Waals surface area contributed by atoms with Gasteiger partial charge in [-0.05, 0) is 74.5 Å². The molecule has 0 spiro atoms. The lowest BCUT2D eigenvalue weighted by Crippen LogP contribution is -2.08. The van der Waals surface area contributed by atoms with Gasteiger partial charge in [-0.1, -0.05) is 46.7 Å². The van der Waals surface area contributed by atoms with Crippen LogP contribution in [0.3, 0.4) is 0 Å². The molecule has 0 saturated heterocycles. The van der Waals surface area contributed by atoms with Crippen LogP contribution in [0.25, 0.3) is 10.9 Å². The van der Waals surface area contributed by atoms with Crippen LogP contribution in [0, 0.1) is 18.8 Å². The monoisotopic (exact) mass is 507 g/mol. The average molecular weight is 508 g/mol. The van der Waals surface area contributed by atoms with Crippen molar-refractivity contribution in [3.63, 3.8) is 0 Å². The highest BCUT2D eigenvalue weighted by Gasteiger charge is 2.18. The van der Waals surface area contributed by atoms with Crippen molar-refractivity contribution in [2.45, 2.75) is 33.6 Å². The van der Waals surface area contributed by atoms with Crippen LogP contribution in [-0.4, -0.2) is 17.8 Å². The zero-order valence-electron chi connectivity index (χ0n) is 19.8. The maximum atomic E-state index is 6.14. The van der Waals surface area contributed by atoms with Gasteiger partial charge in [0.15, 0.2) is 0 Å². The van der Waals surface area contributed by atoms with Crippen molar-refractivity contribution >= 4 is 34.1 Å². The SMILES string of the molecule is CCOCc1c(COc2ccc(Cl)cc2)n(CC#CCOc2ccc(Cl)cc2)c2ccc(C)cc12. The smallest absolute Gasteiger partial charge is 0.149 e. The highest BCUT2D eigenvalue weighted by molar-refractivity contribution is 6.30. The van der Waals surface area contributed by atoms with Gasteiger partial charge in [-0.2, -0.15) is 0 Å². The number of nitrogens with zero attached hydrogens (tertiary/aromatic N) is 1. The highest BCUT2D eigenvalue weighted by Crippen LogP contribution is 2.29. The minimum absolute atomic E-state index is 0.294. The van der Waals surface area contributed by atoms with Crippen LogP contribution in [0.5, 0.6) is 11.5 Å². The summed E-state index contributed by atoms with van der Waals surface area (Å²) >= 11 is 12.0. The molecule has 0 aliphatic heterocycles. The van der Waals surface area contributed by atoms with Gasteiger partial charge in [-0.3, -0.25) is 0 Å². The molecule has 35 heavy (non-hydrogen) atoms. The van der Waals surface area contributed by atoms with Crippen molar-refractivity contribution in [2.75, 3.05) is 13.2 Å². The Morgan fingerprint density at radius 2 is 1.46 bits per heavy atom. The van der Waals surface area contributed by atoms with Crippen molar-refractivity contribution in [1.29, 1.82) is 0 Å². The van der Waals surface area contributed by atoms with E-state index in [4.69, 9.17) is 37.4 Å². The number of aryl methyl sites for hydroxylation is 1. The first-order valence-electron chi connectivity index (χ1n) is 11.5. The summed E-state index contributed by atoms with van der Waals surface area (Å²) in [4.78, 5) is 0. The Balaban J connectivity index is 1.60. The first-order chi connectivity index (χ1) is 17.0. The molecule has 180 valence electrons. The largest absolute Gasteiger partial charge is 0.487 e. The Morgan fingerprint density at radius 3 is 2.11 bits per heavy atom. The van der Waals surface area contributed by atoms with E-state index in [9.17, 15) is 0 Å². The maximum Gasteiger partial charge on any atom is 0.149 e. The minimum Gasteiger partial charge on any atom is -0.487 e. The number of halogens is 2. The predicted octanol–water partition coefficient (Wildman–Crippen LogP) is 7.45. The molecule has 3 aromatic carbocycles. The van der Waals surface area contributed by atoms with E-state index in [-0.39, 0.29) is 0 Å². The number of aromatic nitrogens is 1. The molecular formula is C29H27Cl2NO3. The third kappa shape index (κ3) is 6.52. The Labute approximate surface area is 216 Å². The zero-order valence-corrected chi connectivity index (χ0v) is 21.3. The lowest BCUT2D eigenvalue weighted by Gasteiger charge is -2.12. The maximum absolute atomic E-state index is 6.14. The van der Waals surface area contributed by atoms with E-state index in [2.05, 4.69) is 41.5 Å². The van der Waals surface area contributed by atoms with Crippen LogP contribution in [0.1, 0.15) is 23.7 Å². The Kier molecular flexibility index (Phi) is 8.60. The van der Waals surface area contributed by atoms with Gasteiger partial charge in [-0.15, -0.1) is 0 Å². The molecule has 0 atom stereocenters. The van der Waals surface area contributed by atoms with Crippen molar-refractivity contribution < 1.29 is 14.2 Å². The van der Waals surface area contributed by atoms with Gasteiger partial charge in [0.05, 0.1) is 18.8 Å². The van der Waals surface area contributed by atoms with Crippen LogP contribution >= 0.6 is 23.2 Å². The number of ether oxygens (including phenoxy) is 3. The fourth-order valence-electron chi connectivity index (χ4n) is 3.82. The van der Waals surface area contributed by atoms with Crippen molar-refractivity contribution in [3.8, 4) is 23.3 Å². The van der Waals surface area contributed by atoms with E-state index in [1.54, 1.807) is 12.1 Å². The fraction of sp³-hybridized carbons (Fsp3) is 0.241. The third-order valence-corrected chi connectivity index (χ3v) is 6.07. The molecule has 0 fully saturated rings. The highest BCUT2D eigenvalue weighted by atomic mass is 35.5. The lowest BCUT2D eigenvalue weighted by molar-refractivity contribution is 0.133. The molecule has 6 heteroatoms. The van der Waals surface area contributed by atoms with Crippen molar-refractivity contribution in [2.24, 2.45) is 0 Å². The van der Waals surface area contributed by atoms with Crippen LogP contribution in [0.4, 0.5) is 0 Å². The Hall–Kier alpha value is -3.10. The summed E-state index contributed by atoms with van der Waals surface area (Å²) in [7, 11) is 0. The number of fused-ring (bicyclic) bond motifs is 1. The summed E-state index contributed by atoms with van der Waals surface area (Å²) in [5.74, 6) is 7.87. The van der Waals surface area contributed by atoms with Crippen LogP contribution in [-0.2, 0) is 24.5 Å². The average Bonchev–Trinajstić information content (AvgIpc) is 3.14. The van der Waals surface area contributed by atoms with Gasteiger partial charge >= 0.3 is 0 Å². The third-order valence-electron chi connectivity index (χ3n) is 5.57. The molecule has 4 nitrogen and oxygen atoms in total. The first kappa shape index (κ1) is 25.0. The summed E-state index contributed by atoms with van der Waals surface area (Å²) in [6, 6.07) is 21.1. The van der Waals surface area contributed by atoms with Crippen LogP contribution in [0.2, 0.25) is 10.0 Å². The second kappa shape index (κ2) is 12.0. The van der Waals surface area contributed by atoms with Crippen molar-refractivity contribution in [3.05, 3.63) is 93.6 Å². The molecule has 4 rings (SSSR count). The van der Waals surface area contributed by atoms with Gasteiger partial charge in [0.25, 0.3) is 0 Å². The lowest BCUT2D eigenvalue weighted by atomic mass is 10.1. The molecule has 1 aromatic heterocycles. The molecule has 0 aliphatic carbocycles. The zero-order chi connectivity index (χ0) is 24.6. The first-order valence-corrected chi connectivity index (χ1v) is 12.2. The standard InChI is InChI=1S/C29H27Cl2NO3/c1-3-33-19-27-26-18-21(2)6-15-28(26)32(29(27)20-35-25-13-9-23(31)10-14-25)16-4-5-17-34-24-11-7-22(30)8-12-24/h6-15,18H,3,16-17,19-20H2,1-2H3. The van der Waals surface area contributed by atoms with Gasteiger partial charge in [0, 0.05) is 33.1 Å². The normalized spacial score (nSPS) is 10.7. The van der Waals surface area contributed by atoms with Crippen LogP contribution < -0.4 is 9.47 Å². The molecule has 0 aliphatic rings. The summed E-state index contributed by atoms with van der Waals surface area (Å²) in [6.45, 7) is 6.44. The van der Waals surface area contributed by atoms with Gasteiger partial charge in [0.1, 0.15) is 24.7 Å². The predicted molar refractivity (Wildman–Crippen MR) is 143 cm³/mol. The summed E-state index contributed by atoms with van der Waals surface area (Å²) in [6.07, 6.45) is 0. The molecule has 0 N–H and O–H groups in total. The molecular weight excluding hydrogens is 481 g/mol. The number of rotatable bonds is 9. The quantitative estimate of drug-likeness (QED) is 0.220. The van der Waals surface area contributed by atoms with E-state index in [0.29, 0.717) is 43.0 Å². The molecule has 0 unspecified atom stereocenters. The second-order valence-electron chi connectivity index (χ2n) is 8.01. The van der Waals surface area contributed by atoms with Crippen LogP contribution in [0.15, 0.2) is 66.7 Å². The summed E-state index contributed by atoms with van der Waals surface area (Å²) in [5.41, 5.74) is 4.47. The summed E-state index contributed by atoms with van der Waals surface area (Å²) < 4.78 is 19.9. The van der Waals surface area contributed by atoms with Crippen molar-refractivity contribution in [1.82, 2.24) is 4.57 Å². The second-order valence-corrected chi connectivity index (χ2v) is 8.88. The van der Waals surface area contributed by atoms with E-state index >= 15 is 0 Å². The Bertz CT molecular complexity index is 1330. The summed E-state index contributed by atoms with van der Waals surface area (Å²) in [5, 5.41) is 2.51. The van der Waals surface area contributed by atoms with E-state index in [0.717, 1.165) is 33.7 Å². The van der Waals surface area contributed by atoms with E-state index in [1.165, 1.54) is 5.56 Å². The molecule has 1 heterocycles. The van der Waals surface area contributed by atoms with E-state index in [1.807, 2.05) is 43.3 Å². The fourth-order valence-corrected chi connectivity index (χ4v) is 4.07. The molecule has 0 amide bonds. The van der Waals surface area contributed by atoms with Gasteiger partial charge < -0.3 is 18.8 Å². The van der Waals surface area contributed by atoms with E-state index < -0.39 is 0 Å².